The fourth-order valence-electron chi connectivity index (χ4n) is 2.71. The van der Waals surface area contributed by atoms with Crippen molar-refractivity contribution in [1.82, 2.24) is 10.3 Å². The zero-order chi connectivity index (χ0) is 18.0. The molecule has 5 nitrogen and oxygen atoms in total. The summed E-state index contributed by atoms with van der Waals surface area (Å²) in [5, 5.41) is 3.31. The van der Waals surface area contributed by atoms with Crippen molar-refractivity contribution in [1.29, 1.82) is 0 Å². The molecule has 0 spiro atoms. The third-order valence-electron chi connectivity index (χ3n) is 3.72. The molecule has 1 atom stereocenters. The highest BCUT2D eigenvalue weighted by molar-refractivity contribution is 6.32. The first kappa shape index (κ1) is 17.5. The maximum Gasteiger partial charge on any atom is 0.407 e. The summed E-state index contributed by atoms with van der Waals surface area (Å²) in [7, 11) is 0. The van der Waals surface area contributed by atoms with E-state index in [1.54, 1.807) is 12.4 Å². The van der Waals surface area contributed by atoms with E-state index in [1.807, 2.05) is 39.0 Å². The van der Waals surface area contributed by atoms with Crippen LogP contribution >= 0.6 is 11.6 Å². The minimum atomic E-state index is -0.522. The first-order chi connectivity index (χ1) is 11.8. The zero-order valence-corrected chi connectivity index (χ0v) is 15.3. The van der Waals surface area contributed by atoms with Gasteiger partial charge in [-0.15, -0.1) is 0 Å². The SMILES string of the molecule is CC(C)(C)OC(=O)NCC1Cc2cc(-c3cccnc3)cc(Cl)c2O1. The minimum absolute atomic E-state index is 0.163. The first-order valence-corrected chi connectivity index (χ1v) is 8.56. The van der Waals surface area contributed by atoms with Crippen LogP contribution in [0.2, 0.25) is 5.02 Å². The van der Waals surface area contributed by atoms with E-state index in [4.69, 9.17) is 21.1 Å². The normalized spacial score (nSPS) is 16.1. The molecular weight excluding hydrogens is 340 g/mol. The average Bonchev–Trinajstić information content (AvgIpc) is 2.96. The lowest BCUT2D eigenvalue weighted by Crippen LogP contribution is -2.38. The Balaban J connectivity index is 1.67. The number of fused-ring (bicyclic) bond motifs is 1. The third kappa shape index (κ3) is 4.42. The average molecular weight is 361 g/mol. The van der Waals surface area contributed by atoms with Gasteiger partial charge in [-0.2, -0.15) is 0 Å². The molecule has 3 rings (SSSR count). The summed E-state index contributed by atoms with van der Waals surface area (Å²) in [5.74, 6) is 0.685. The van der Waals surface area contributed by atoms with Crippen LogP contribution in [0, 0.1) is 0 Å². The third-order valence-corrected chi connectivity index (χ3v) is 4.00. The number of hydrogen-bond donors (Lipinski definition) is 1. The van der Waals surface area contributed by atoms with E-state index in [1.165, 1.54) is 0 Å². The molecule has 0 saturated heterocycles. The number of rotatable bonds is 3. The van der Waals surface area contributed by atoms with Crippen LogP contribution in [0.5, 0.6) is 5.75 Å². The Morgan fingerprint density at radius 2 is 2.20 bits per heavy atom. The van der Waals surface area contributed by atoms with Gasteiger partial charge in [0.2, 0.25) is 0 Å². The van der Waals surface area contributed by atoms with E-state index in [9.17, 15) is 4.79 Å². The molecule has 132 valence electrons. The van der Waals surface area contributed by atoms with Gasteiger partial charge in [-0.05, 0) is 44.5 Å². The van der Waals surface area contributed by atoms with Crippen molar-refractivity contribution in [2.75, 3.05) is 6.54 Å². The van der Waals surface area contributed by atoms with Gasteiger partial charge in [0.1, 0.15) is 17.5 Å². The van der Waals surface area contributed by atoms with Crippen LogP contribution < -0.4 is 10.1 Å². The second-order valence-corrected chi connectivity index (χ2v) is 7.42. The molecular formula is C19H21ClN2O3. The predicted molar refractivity (Wildman–Crippen MR) is 97.0 cm³/mol. The molecule has 1 aliphatic rings. The highest BCUT2D eigenvalue weighted by Crippen LogP contribution is 2.39. The molecule has 1 aromatic carbocycles. The van der Waals surface area contributed by atoms with E-state index in [-0.39, 0.29) is 6.10 Å². The molecule has 1 amide bonds. The summed E-state index contributed by atoms with van der Waals surface area (Å²) in [6.45, 7) is 5.85. The number of halogens is 1. The Hall–Kier alpha value is -2.27. The summed E-state index contributed by atoms with van der Waals surface area (Å²) in [6.07, 6.45) is 3.60. The molecule has 0 radical (unpaired) electrons. The second kappa shape index (κ2) is 6.92. The van der Waals surface area contributed by atoms with Crippen LogP contribution in [0.4, 0.5) is 4.79 Å². The van der Waals surface area contributed by atoms with Gasteiger partial charge in [0.15, 0.2) is 0 Å². The number of aromatic nitrogens is 1. The van der Waals surface area contributed by atoms with Crippen LogP contribution in [-0.4, -0.2) is 29.3 Å². The van der Waals surface area contributed by atoms with Gasteiger partial charge in [0.05, 0.1) is 11.6 Å². The Morgan fingerprint density at radius 1 is 1.40 bits per heavy atom. The molecule has 25 heavy (non-hydrogen) atoms. The summed E-state index contributed by atoms with van der Waals surface area (Å²) in [4.78, 5) is 15.9. The van der Waals surface area contributed by atoms with E-state index in [0.717, 1.165) is 16.7 Å². The number of amides is 1. The van der Waals surface area contributed by atoms with Crippen molar-refractivity contribution in [3.63, 3.8) is 0 Å². The first-order valence-electron chi connectivity index (χ1n) is 8.18. The summed E-state index contributed by atoms with van der Waals surface area (Å²) < 4.78 is 11.1. The highest BCUT2D eigenvalue weighted by atomic mass is 35.5. The molecule has 1 unspecified atom stereocenters. The van der Waals surface area contributed by atoms with Gasteiger partial charge in [0.25, 0.3) is 0 Å². The Kier molecular flexibility index (Phi) is 4.86. The number of pyridine rings is 1. The smallest absolute Gasteiger partial charge is 0.407 e. The highest BCUT2D eigenvalue weighted by Gasteiger charge is 2.27. The number of nitrogens with one attached hydrogen (secondary N) is 1. The Bertz CT molecular complexity index is 772. The van der Waals surface area contributed by atoms with Crippen molar-refractivity contribution in [2.24, 2.45) is 0 Å². The number of carbonyl (C=O) groups excluding carboxylic acids is 1. The number of alkyl carbamates (subject to hydrolysis) is 1. The van der Waals surface area contributed by atoms with Crippen molar-refractivity contribution in [2.45, 2.75) is 38.9 Å². The fourth-order valence-corrected chi connectivity index (χ4v) is 3.00. The van der Waals surface area contributed by atoms with Gasteiger partial charge in [-0.25, -0.2) is 4.79 Å². The van der Waals surface area contributed by atoms with Crippen LogP contribution in [0.1, 0.15) is 26.3 Å². The van der Waals surface area contributed by atoms with Crippen molar-refractivity contribution in [3.05, 3.63) is 47.2 Å². The van der Waals surface area contributed by atoms with Crippen LogP contribution in [0.25, 0.3) is 11.1 Å². The number of ether oxygens (including phenoxy) is 2. The lowest BCUT2D eigenvalue weighted by Gasteiger charge is -2.20. The molecule has 6 heteroatoms. The summed E-state index contributed by atoms with van der Waals surface area (Å²) >= 11 is 6.38. The van der Waals surface area contributed by atoms with Gasteiger partial charge in [0, 0.05) is 29.9 Å². The van der Waals surface area contributed by atoms with Crippen LogP contribution in [-0.2, 0) is 11.2 Å². The van der Waals surface area contributed by atoms with Crippen molar-refractivity contribution < 1.29 is 14.3 Å². The number of hydrogen-bond acceptors (Lipinski definition) is 4. The predicted octanol–water partition coefficient (Wildman–Crippen LogP) is 4.23. The lowest BCUT2D eigenvalue weighted by atomic mass is 10.0. The maximum atomic E-state index is 11.8. The van der Waals surface area contributed by atoms with Gasteiger partial charge in [-0.1, -0.05) is 17.7 Å². The fraction of sp³-hybridized carbons (Fsp3) is 0.368. The van der Waals surface area contributed by atoms with E-state index < -0.39 is 11.7 Å². The molecule has 0 saturated carbocycles. The van der Waals surface area contributed by atoms with Gasteiger partial charge >= 0.3 is 6.09 Å². The summed E-state index contributed by atoms with van der Waals surface area (Å²) in [6, 6.07) is 7.82. The van der Waals surface area contributed by atoms with Crippen molar-refractivity contribution >= 4 is 17.7 Å². The van der Waals surface area contributed by atoms with E-state index in [2.05, 4.69) is 16.4 Å². The number of nitrogens with zero attached hydrogens (tertiary/aromatic N) is 1. The standard InChI is InChI=1S/C19H21ClN2O3/c1-19(2,3)25-18(23)22-11-15-8-14-7-13(9-16(20)17(14)24-15)12-5-4-6-21-10-12/h4-7,9-10,15H,8,11H2,1-3H3,(H,22,23). The topological polar surface area (TPSA) is 60.5 Å². The molecule has 0 fully saturated rings. The quantitative estimate of drug-likeness (QED) is 0.889. The number of carbonyl (C=O) groups is 1. The second-order valence-electron chi connectivity index (χ2n) is 7.01. The molecule has 1 aromatic heterocycles. The molecule has 2 aromatic rings. The molecule has 2 heterocycles. The monoisotopic (exact) mass is 360 g/mol. The molecule has 1 aliphatic heterocycles. The molecule has 0 bridgehead atoms. The van der Waals surface area contributed by atoms with Crippen LogP contribution in [0.3, 0.4) is 0 Å². The van der Waals surface area contributed by atoms with E-state index >= 15 is 0 Å². The zero-order valence-electron chi connectivity index (χ0n) is 14.5. The van der Waals surface area contributed by atoms with Crippen molar-refractivity contribution in [3.8, 4) is 16.9 Å². The molecule has 1 N–H and O–H groups in total. The van der Waals surface area contributed by atoms with Gasteiger partial charge in [-0.3, -0.25) is 4.98 Å². The van der Waals surface area contributed by atoms with Crippen LogP contribution in [0.15, 0.2) is 36.7 Å². The largest absolute Gasteiger partial charge is 0.486 e. The summed E-state index contributed by atoms with van der Waals surface area (Å²) in [5.41, 5.74) is 2.51. The Morgan fingerprint density at radius 3 is 2.88 bits per heavy atom. The van der Waals surface area contributed by atoms with Gasteiger partial charge < -0.3 is 14.8 Å². The minimum Gasteiger partial charge on any atom is -0.486 e. The lowest BCUT2D eigenvalue weighted by molar-refractivity contribution is 0.0506. The Labute approximate surface area is 152 Å². The van der Waals surface area contributed by atoms with E-state index in [0.29, 0.717) is 23.7 Å². The maximum absolute atomic E-state index is 11.8. The molecule has 0 aliphatic carbocycles. The number of benzene rings is 1.